The zero-order valence-corrected chi connectivity index (χ0v) is 10.9. The number of aromatic hydroxyl groups is 1. The molecule has 1 aromatic rings. The van der Waals surface area contributed by atoms with Gasteiger partial charge in [-0.05, 0) is 25.1 Å². The third kappa shape index (κ3) is 3.34. The largest absolute Gasteiger partial charge is 0.508 e. The van der Waals surface area contributed by atoms with Crippen molar-refractivity contribution >= 4 is 11.4 Å². The summed E-state index contributed by atoms with van der Waals surface area (Å²) in [7, 11) is 0. The molecule has 3 N–H and O–H groups in total. The van der Waals surface area contributed by atoms with Crippen molar-refractivity contribution in [3.63, 3.8) is 0 Å². The molecule has 1 aromatic carbocycles. The van der Waals surface area contributed by atoms with E-state index in [0.717, 1.165) is 11.3 Å². The first-order valence-corrected chi connectivity index (χ1v) is 5.64. The first-order chi connectivity index (χ1) is 7.86. The molecule has 0 saturated carbocycles. The molecule has 0 heterocycles. The van der Waals surface area contributed by atoms with E-state index in [2.05, 4.69) is 25.8 Å². The highest BCUT2D eigenvalue weighted by atomic mass is 16.3. The summed E-state index contributed by atoms with van der Waals surface area (Å²) in [6, 6.07) is 4.93. The molecule has 1 rings (SSSR count). The first kappa shape index (κ1) is 13.3. The highest BCUT2D eigenvalue weighted by Gasteiger charge is 2.22. The average Bonchev–Trinajstić information content (AvgIpc) is 2.21. The Balaban J connectivity index is 3.37. The van der Waals surface area contributed by atoms with Gasteiger partial charge in [-0.15, -0.1) is 0 Å². The molecule has 0 atom stereocenters. The molecule has 0 unspecified atom stereocenters. The second kappa shape index (κ2) is 5.04. The first-order valence-electron chi connectivity index (χ1n) is 5.64. The monoisotopic (exact) mass is 232 g/mol. The Morgan fingerprint density at radius 3 is 2.53 bits per heavy atom. The van der Waals surface area contributed by atoms with Crippen molar-refractivity contribution in [2.24, 2.45) is 10.4 Å². The van der Waals surface area contributed by atoms with Gasteiger partial charge in [0.05, 0.1) is 5.71 Å². The summed E-state index contributed by atoms with van der Waals surface area (Å²) in [6.07, 6.45) is 3.61. The van der Waals surface area contributed by atoms with Gasteiger partial charge in [-0.2, -0.15) is 0 Å². The number of anilines is 1. The minimum Gasteiger partial charge on any atom is -0.508 e. The van der Waals surface area contributed by atoms with E-state index < -0.39 is 0 Å². The van der Waals surface area contributed by atoms with E-state index in [9.17, 15) is 5.11 Å². The highest BCUT2D eigenvalue weighted by molar-refractivity contribution is 6.08. The van der Waals surface area contributed by atoms with Crippen LogP contribution in [0.1, 0.15) is 33.3 Å². The van der Waals surface area contributed by atoms with Crippen LogP contribution in [0.25, 0.3) is 0 Å². The lowest BCUT2D eigenvalue weighted by Gasteiger charge is -2.22. The third-order valence-corrected chi connectivity index (χ3v) is 2.36. The minimum atomic E-state index is -0.137. The molecule has 92 valence electrons. The Hall–Kier alpha value is -1.77. The van der Waals surface area contributed by atoms with Gasteiger partial charge >= 0.3 is 0 Å². The molecule has 17 heavy (non-hydrogen) atoms. The van der Waals surface area contributed by atoms with Crippen LogP contribution < -0.4 is 5.73 Å². The van der Waals surface area contributed by atoms with Crippen LogP contribution >= 0.6 is 0 Å². The van der Waals surface area contributed by atoms with Crippen molar-refractivity contribution in [2.45, 2.75) is 27.7 Å². The summed E-state index contributed by atoms with van der Waals surface area (Å²) in [6.45, 7) is 8.12. The number of nitrogens with two attached hydrogens (primary N) is 1. The van der Waals surface area contributed by atoms with E-state index in [1.807, 2.05) is 13.0 Å². The SMILES string of the molecule is C/C=C\N=C(c1cc(O)ccc1N)C(C)(C)C. The van der Waals surface area contributed by atoms with Gasteiger partial charge in [-0.3, -0.25) is 4.99 Å². The van der Waals surface area contributed by atoms with Gasteiger partial charge < -0.3 is 10.8 Å². The zero-order valence-electron chi connectivity index (χ0n) is 10.9. The Labute approximate surface area is 103 Å². The lowest BCUT2D eigenvalue weighted by molar-refractivity contribution is 0.475. The number of nitrogens with zero attached hydrogens (tertiary/aromatic N) is 1. The number of hydrogen-bond donors (Lipinski definition) is 2. The summed E-state index contributed by atoms with van der Waals surface area (Å²) >= 11 is 0. The molecule has 0 radical (unpaired) electrons. The van der Waals surface area contributed by atoms with Crippen molar-refractivity contribution in [3.05, 3.63) is 36.0 Å². The van der Waals surface area contributed by atoms with E-state index in [1.165, 1.54) is 0 Å². The maximum atomic E-state index is 9.55. The van der Waals surface area contributed by atoms with Gasteiger partial charge in [0.1, 0.15) is 5.75 Å². The molecule has 0 aromatic heterocycles. The van der Waals surface area contributed by atoms with Gasteiger partial charge in [0.15, 0.2) is 0 Å². The number of rotatable bonds is 2. The molecular weight excluding hydrogens is 212 g/mol. The third-order valence-electron chi connectivity index (χ3n) is 2.36. The zero-order chi connectivity index (χ0) is 13.1. The number of aliphatic imine (C=N–C) groups is 1. The van der Waals surface area contributed by atoms with E-state index >= 15 is 0 Å². The summed E-state index contributed by atoms with van der Waals surface area (Å²) in [5, 5.41) is 9.55. The molecule has 0 aliphatic heterocycles. The molecule has 0 saturated heterocycles. The number of phenolic OH excluding ortho intramolecular Hbond substituents is 1. The Kier molecular flexibility index (Phi) is 3.94. The number of benzene rings is 1. The van der Waals surface area contributed by atoms with Crippen LogP contribution in [0.15, 0.2) is 35.5 Å². The maximum absolute atomic E-state index is 9.55. The molecular formula is C14H20N2O. The molecule has 0 spiro atoms. The van der Waals surface area contributed by atoms with Crippen molar-refractivity contribution in [2.75, 3.05) is 5.73 Å². The van der Waals surface area contributed by atoms with E-state index in [4.69, 9.17) is 5.73 Å². The lowest BCUT2D eigenvalue weighted by Crippen LogP contribution is -2.22. The second-order valence-corrected chi connectivity index (χ2v) is 4.98. The predicted octanol–water partition coefficient (Wildman–Crippen LogP) is 3.34. The quantitative estimate of drug-likeness (QED) is 0.466. The lowest BCUT2D eigenvalue weighted by atomic mass is 9.85. The molecule has 0 aliphatic carbocycles. The number of allylic oxidation sites excluding steroid dienone is 1. The van der Waals surface area contributed by atoms with Crippen LogP contribution in [0.4, 0.5) is 5.69 Å². The van der Waals surface area contributed by atoms with Crippen molar-refractivity contribution in [1.29, 1.82) is 0 Å². The number of phenols is 1. The standard InChI is InChI=1S/C14H20N2O/c1-5-8-16-13(14(2,3)4)11-9-10(17)6-7-12(11)15/h5-9,17H,15H2,1-4H3/b8-5-,16-13?. The van der Waals surface area contributed by atoms with Crippen LogP contribution in [0.3, 0.4) is 0 Å². The smallest absolute Gasteiger partial charge is 0.116 e. The van der Waals surface area contributed by atoms with Crippen LogP contribution in [-0.4, -0.2) is 10.8 Å². The fourth-order valence-electron chi connectivity index (χ4n) is 1.57. The van der Waals surface area contributed by atoms with Crippen LogP contribution in [0.2, 0.25) is 0 Å². The van der Waals surface area contributed by atoms with E-state index in [-0.39, 0.29) is 11.2 Å². The minimum absolute atomic E-state index is 0.137. The summed E-state index contributed by atoms with van der Waals surface area (Å²) in [5.74, 6) is 0.201. The Morgan fingerprint density at radius 1 is 1.35 bits per heavy atom. The van der Waals surface area contributed by atoms with Crippen LogP contribution in [0, 0.1) is 5.41 Å². The van der Waals surface area contributed by atoms with Crippen molar-refractivity contribution < 1.29 is 5.11 Å². The van der Waals surface area contributed by atoms with Crippen molar-refractivity contribution in [1.82, 2.24) is 0 Å². The molecule has 0 aliphatic rings. The van der Waals surface area contributed by atoms with Gasteiger partial charge in [-0.1, -0.05) is 26.8 Å². The maximum Gasteiger partial charge on any atom is 0.116 e. The molecule has 0 amide bonds. The van der Waals surface area contributed by atoms with Crippen molar-refractivity contribution in [3.8, 4) is 5.75 Å². The highest BCUT2D eigenvalue weighted by Crippen LogP contribution is 2.28. The van der Waals surface area contributed by atoms with Crippen LogP contribution in [-0.2, 0) is 0 Å². The van der Waals surface area contributed by atoms with Gasteiger partial charge in [-0.25, -0.2) is 0 Å². The van der Waals surface area contributed by atoms with E-state index in [1.54, 1.807) is 24.4 Å². The Morgan fingerprint density at radius 2 is 2.00 bits per heavy atom. The van der Waals surface area contributed by atoms with Gasteiger partial charge in [0.25, 0.3) is 0 Å². The summed E-state index contributed by atoms with van der Waals surface area (Å²) in [4.78, 5) is 4.43. The van der Waals surface area contributed by atoms with Gasteiger partial charge in [0, 0.05) is 22.9 Å². The summed E-state index contributed by atoms with van der Waals surface area (Å²) in [5.41, 5.74) is 8.08. The second-order valence-electron chi connectivity index (χ2n) is 4.98. The number of nitrogen functional groups attached to an aromatic ring is 1. The fraction of sp³-hybridized carbons (Fsp3) is 0.357. The number of hydrogen-bond acceptors (Lipinski definition) is 3. The Bertz CT molecular complexity index is 454. The molecule has 0 fully saturated rings. The predicted molar refractivity (Wildman–Crippen MR) is 73.3 cm³/mol. The molecule has 3 nitrogen and oxygen atoms in total. The molecule has 0 bridgehead atoms. The molecule has 3 heteroatoms. The van der Waals surface area contributed by atoms with Gasteiger partial charge in [0.2, 0.25) is 0 Å². The average molecular weight is 232 g/mol. The topological polar surface area (TPSA) is 58.6 Å². The van der Waals surface area contributed by atoms with Crippen LogP contribution in [0.5, 0.6) is 5.75 Å². The van der Waals surface area contributed by atoms with E-state index in [0.29, 0.717) is 5.69 Å². The normalized spacial score (nSPS) is 13.3. The fourth-order valence-corrected chi connectivity index (χ4v) is 1.57. The summed E-state index contributed by atoms with van der Waals surface area (Å²) < 4.78 is 0.